The summed E-state index contributed by atoms with van der Waals surface area (Å²) in [4.78, 5) is 13.7. The van der Waals surface area contributed by atoms with Crippen LogP contribution in [0.2, 0.25) is 0 Å². The maximum absolute atomic E-state index is 12.6. The number of nitrogens with one attached hydrogen (secondary N) is 2. The van der Waals surface area contributed by atoms with Gasteiger partial charge in [-0.2, -0.15) is 0 Å². The maximum Gasteiger partial charge on any atom is 0.261 e. The second-order valence-electron chi connectivity index (χ2n) is 5.65. The Morgan fingerprint density at radius 3 is 2.33 bits per heavy atom. The largest absolute Gasteiger partial charge is 0.321 e. The second-order valence-corrected chi connectivity index (χ2v) is 8.18. The highest BCUT2D eigenvalue weighted by Crippen LogP contribution is 2.25. The molecule has 0 saturated heterocycles. The van der Waals surface area contributed by atoms with E-state index in [1.54, 1.807) is 36.4 Å². The minimum atomic E-state index is -3.71. The smallest absolute Gasteiger partial charge is 0.261 e. The molecule has 3 rings (SSSR count). The first-order valence-electron chi connectivity index (χ1n) is 8.12. The minimum absolute atomic E-state index is 0.161. The molecular formula is C20H18N2O3S2. The van der Waals surface area contributed by atoms with E-state index in [4.69, 9.17) is 0 Å². The van der Waals surface area contributed by atoms with Gasteiger partial charge in [0.25, 0.3) is 15.9 Å². The molecule has 0 bridgehead atoms. The average molecular weight is 399 g/mol. The van der Waals surface area contributed by atoms with Crippen LogP contribution in [0.3, 0.4) is 0 Å². The predicted molar refractivity (Wildman–Crippen MR) is 110 cm³/mol. The average Bonchev–Trinajstić information content (AvgIpc) is 2.69. The highest BCUT2D eigenvalue weighted by molar-refractivity contribution is 7.98. The lowest BCUT2D eigenvalue weighted by Gasteiger charge is -2.11. The van der Waals surface area contributed by atoms with Crippen LogP contribution in [0.4, 0.5) is 11.4 Å². The third kappa shape index (κ3) is 4.69. The van der Waals surface area contributed by atoms with Gasteiger partial charge >= 0.3 is 0 Å². The van der Waals surface area contributed by atoms with Crippen molar-refractivity contribution in [3.8, 4) is 0 Å². The van der Waals surface area contributed by atoms with Gasteiger partial charge in [0.05, 0.1) is 10.6 Å². The fourth-order valence-electron chi connectivity index (χ4n) is 2.48. The number of carbonyl (C=O) groups is 1. The molecule has 0 fully saturated rings. The van der Waals surface area contributed by atoms with E-state index >= 15 is 0 Å². The molecule has 0 aliphatic heterocycles. The number of hydrogen-bond acceptors (Lipinski definition) is 4. The lowest BCUT2D eigenvalue weighted by molar-refractivity contribution is 0.102. The summed E-state index contributed by atoms with van der Waals surface area (Å²) in [5, 5.41) is 2.86. The Morgan fingerprint density at radius 2 is 1.59 bits per heavy atom. The molecule has 0 aliphatic carbocycles. The van der Waals surface area contributed by atoms with Crippen LogP contribution in [0, 0.1) is 0 Å². The molecule has 2 N–H and O–H groups in total. The number of benzene rings is 3. The van der Waals surface area contributed by atoms with Gasteiger partial charge < -0.3 is 5.32 Å². The second kappa shape index (κ2) is 8.28. The van der Waals surface area contributed by atoms with Crippen LogP contribution in [0.5, 0.6) is 0 Å². The number of amides is 1. The molecule has 7 heteroatoms. The molecule has 0 aromatic heterocycles. The van der Waals surface area contributed by atoms with Crippen molar-refractivity contribution < 1.29 is 13.2 Å². The van der Waals surface area contributed by atoms with E-state index in [2.05, 4.69) is 10.0 Å². The lowest BCUT2D eigenvalue weighted by atomic mass is 10.2. The Hall–Kier alpha value is -2.77. The lowest BCUT2D eigenvalue weighted by Crippen LogP contribution is -2.15. The SMILES string of the molecule is CSc1ccccc1NC(=O)c1cccc(NS(=O)(=O)c2ccccc2)c1. The first-order valence-corrected chi connectivity index (χ1v) is 10.8. The monoisotopic (exact) mass is 398 g/mol. The fraction of sp³-hybridized carbons (Fsp3) is 0.0500. The molecule has 0 aliphatic rings. The summed E-state index contributed by atoms with van der Waals surface area (Å²) in [6.07, 6.45) is 1.93. The van der Waals surface area contributed by atoms with Crippen molar-refractivity contribution in [2.45, 2.75) is 9.79 Å². The van der Waals surface area contributed by atoms with Gasteiger partial charge in [0.1, 0.15) is 0 Å². The molecule has 0 atom stereocenters. The molecular weight excluding hydrogens is 380 g/mol. The van der Waals surface area contributed by atoms with E-state index < -0.39 is 10.0 Å². The summed E-state index contributed by atoms with van der Waals surface area (Å²) in [7, 11) is -3.71. The summed E-state index contributed by atoms with van der Waals surface area (Å²) < 4.78 is 27.4. The van der Waals surface area contributed by atoms with Crippen LogP contribution in [0.15, 0.2) is 88.7 Å². The van der Waals surface area contributed by atoms with Crippen LogP contribution in [0.1, 0.15) is 10.4 Å². The van der Waals surface area contributed by atoms with E-state index in [1.807, 2.05) is 30.5 Å². The number of carbonyl (C=O) groups excluding carboxylic acids is 1. The number of sulfonamides is 1. The molecule has 0 spiro atoms. The summed E-state index contributed by atoms with van der Waals surface area (Å²) in [6.45, 7) is 0. The molecule has 0 unspecified atom stereocenters. The molecule has 1 amide bonds. The quantitative estimate of drug-likeness (QED) is 0.601. The van der Waals surface area contributed by atoms with Crippen LogP contribution >= 0.6 is 11.8 Å². The van der Waals surface area contributed by atoms with Crippen LogP contribution in [0.25, 0.3) is 0 Å². The first kappa shape index (κ1) is 19.0. The number of para-hydroxylation sites is 1. The number of anilines is 2. The highest BCUT2D eigenvalue weighted by atomic mass is 32.2. The number of hydrogen-bond donors (Lipinski definition) is 2. The third-order valence-electron chi connectivity index (χ3n) is 3.79. The van der Waals surface area contributed by atoms with Crippen molar-refractivity contribution in [3.63, 3.8) is 0 Å². The van der Waals surface area contributed by atoms with Gasteiger partial charge in [-0.3, -0.25) is 9.52 Å². The van der Waals surface area contributed by atoms with E-state index in [-0.39, 0.29) is 10.8 Å². The van der Waals surface area contributed by atoms with E-state index in [9.17, 15) is 13.2 Å². The summed E-state index contributed by atoms with van der Waals surface area (Å²) in [5.41, 5.74) is 1.40. The fourth-order valence-corrected chi connectivity index (χ4v) is 4.10. The van der Waals surface area contributed by atoms with Gasteiger partial charge in [-0.25, -0.2) is 8.42 Å². The topological polar surface area (TPSA) is 75.3 Å². The highest BCUT2D eigenvalue weighted by Gasteiger charge is 2.15. The Kier molecular flexibility index (Phi) is 5.83. The minimum Gasteiger partial charge on any atom is -0.321 e. The van der Waals surface area contributed by atoms with E-state index in [0.29, 0.717) is 16.9 Å². The third-order valence-corrected chi connectivity index (χ3v) is 5.98. The van der Waals surface area contributed by atoms with Crippen LogP contribution in [-0.2, 0) is 10.0 Å². The normalized spacial score (nSPS) is 11.0. The zero-order valence-electron chi connectivity index (χ0n) is 14.5. The van der Waals surface area contributed by atoms with Gasteiger partial charge in [0, 0.05) is 16.1 Å². The number of rotatable bonds is 6. The standard InChI is InChI=1S/C20H18N2O3S2/c1-26-19-13-6-5-12-18(19)21-20(23)15-8-7-9-16(14-15)22-27(24,25)17-10-3-2-4-11-17/h2-14,22H,1H3,(H,21,23). The molecule has 3 aromatic carbocycles. The van der Waals surface area contributed by atoms with E-state index in [1.165, 1.54) is 30.0 Å². The Balaban J connectivity index is 1.80. The molecule has 5 nitrogen and oxygen atoms in total. The van der Waals surface area contributed by atoms with Crippen molar-refractivity contribution in [3.05, 3.63) is 84.4 Å². The van der Waals surface area contributed by atoms with Gasteiger partial charge in [-0.15, -0.1) is 11.8 Å². The zero-order valence-corrected chi connectivity index (χ0v) is 16.2. The van der Waals surface area contributed by atoms with Crippen molar-refractivity contribution in [2.75, 3.05) is 16.3 Å². The van der Waals surface area contributed by atoms with Crippen LogP contribution < -0.4 is 10.0 Å². The Bertz CT molecular complexity index is 1050. The number of thioether (sulfide) groups is 1. The molecule has 0 saturated carbocycles. The van der Waals surface area contributed by atoms with Crippen molar-refractivity contribution in [2.24, 2.45) is 0 Å². The molecule has 138 valence electrons. The first-order chi connectivity index (χ1) is 13.0. The van der Waals surface area contributed by atoms with Crippen molar-refractivity contribution in [1.29, 1.82) is 0 Å². The predicted octanol–water partition coefficient (Wildman–Crippen LogP) is 4.46. The van der Waals surface area contributed by atoms with Gasteiger partial charge in [-0.1, -0.05) is 36.4 Å². The van der Waals surface area contributed by atoms with Gasteiger partial charge in [-0.05, 0) is 48.7 Å². The molecule has 3 aromatic rings. The van der Waals surface area contributed by atoms with Gasteiger partial charge in [0.15, 0.2) is 0 Å². The Labute approximate surface area is 162 Å². The summed E-state index contributed by atoms with van der Waals surface area (Å²) in [5.74, 6) is -0.308. The van der Waals surface area contributed by atoms with Crippen LogP contribution in [-0.4, -0.2) is 20.6 Å². The zero-order chi connectivity index (χ0) is 19.3. The van der Waals surface area contributed by atoms with Gasteiger partial charge in [0.2, 0.25) is 0 Å². The van der Waals surface area contributed by atoms with Crippen molar-refractivity contribution in [1.82, 2.24) is 0 Å². The summed E-state index contributed by atoms with van der Waals surface area (Å²) in [6, 6.07) is 22.0. The maximum atomic E-state index is 12.6. The molecule has 0 radical (unpaired) electrons. The summed E-state index contributed by atoms with van der Waals surface area (Å²) >= 11 is 1.53. The molecule has 27 heavy (non-hydrogen) atoms. The van der Waals surface area contributed by atoms with E-state index in [0.717, 1.165) is 4.90 Å². The van der Waals surface area contributed by atoms with Crippen molar-refractivity contribution >= 4 is 39.1 Å². The molecule has 0 heterocycles. The Morgan fingerprint density at radius 1 is 0.889 bits per heavy atom.